The Labute approximate surface area is 530 Å². The molecule has 0 aromatic heterocycles. The van der Waals surface area contributed by atoms with Crippen LogP contribution in [0.2, 0.25) is 0 Å². The van der Waals surface area contributed by atoms with Crippen molar-refractivity contribution in [3.63, 3.8) is 0 Å². The maximum absolute atomic E-state index is 13.0. The molecule has 0 rings (SSSR count). The Hall–Kier alpha value is -1.94. The second-order valence-electron chi connectivity index (χ2n) is 25.3. The lowest BCUT2D eigenvalue weighted by Gasteiger charge is -2.21. The van der Waals surface area contributed by atoms with Crippen LogP contribution in [0.5, 0.6) is 0 Å². The van der Waals surface area contributed by atoms with Gasteiger partial charge in [0.25, 0.3) is 0 Å². The van der Waals surface area contributed by atoms with E-state index in [1.165, 1.54) is 161 Å². The standard InChI is InChI=1S/C68H132O17P2/c1-7-10-12-14-16-18-20-24-28-32-39-45-51-66(71)78-56-63(84-67(72)52-46-40-33-29-25-22-21-23-26-30-36-42-48-60(4)5)58-82-86(74,75)80-54-62(69)55-81-87(76,77)83-59-64(85-68(73)53-47-41-35-34-37-43-49-61(6)9-3)57-79-65(70)50-44-38-31-27-19-17-15-13-11-8-2/h60-64,69H,7-59H2,1-6H3,(H,74,75)(H,76,77)/t61?,62-,63-,64-/m1/s1. The van der Waals surface area contributed by atoms with E-state index in [9.17, 15) is 43.2 Å². The summed E-state index contributed by atoms with van der Waals surface area (Å²) in [5.74, 6) is -0.632. The molecule has 0 heterocycles. The fourth-order valence-corrected chi connectivity index (χ4v) is 11.8. The molecule has 0 amide bonds. The van der Waals surface area contributed by atoms with Crippen molar-refractivity contribution in [2.75, 3.05) is 39.6 Å². The minimum atomic E-state index is -4.95. The number of rotatable bonds is 67. The van der Waals surface area contributed by atoms with Crippen molar-refractivity contribution in [2.24, 2.45) is 11.8 Å². The smallest absolute Gasteiger partial charge is 0.462 e. The van der Waals surface area contributed by atoms with Gasteiger partial charge in [-0.3, -0.25) is 37.3 Å². The summed E-state index contributed by atoms with van der Waals surface area (Å²) >= 11 is 0. The van der Waals surface area contributed by atoms with E-state index in [0.717, 1.165) is 102 Å². The quantitative estimate of drug-likeness (QED) is 0.0222. The van der Waals surface area contributed by atoms with Gasteiger partial charge in [0.2, 0.25) is 0 Å². The Bertz CT molecular complexity index is 1700. The first-order valence-electron chi connectivity index (χ1n) is 35.5. The molecule has 87 heavy (non-hydrogen) atoms. The fourth-order valence-electron chi connectivity index (χ4n) is 10.2. The third kappa shape index (κ3) is 61.3. The van der Waals surface area contributed by atoms with Crippen LogP contribution < -0.4 is 0 Å². The van der Waals surface area contributed by atoms with Gasteiger partial charge in [-0.15, -0.1) is 0 Å². The third-order valence-electron chi connectivity index (χ3n) is 16.1. The summed E-state index contributed by atoms with van der Waals surface area (Å²) in [5, 5.41) is 10.6. The Morgan fingerprint density at radius 3 is 0.874 bits per heavy atom. The van der Waals surface area contributed by atoms with Crippen LogP contribution in [0.1, 0.15) is 343 Å². The molecule has 6 atom stereocenters. The summed E-state index contributed by atoms with van der Waals surface area (Å²) in [6.07, 6.45) is 44.3. The number of ether oxygens (including phenoxy) is 4. The van der Waals surface area contributed by atoms with Crippen LogP contribution in [-0.2, 0) is 65.4 Å². The highest BCUT2D eigenvalue weighted by atomic mass is 31.2. The second kappa shape index (κ2) is 60.3. The van der Waals surface area contributed by atoms with Crippen LogP contribution in [0.3, 0.4) is 0 Å². The van der Waals surface area contributed by atoms with Gasteiger partial charge in [0.15, 0.2) is 12.2 Å². The molecule has 516 valence electrons. The molecule has 0 aliphatic carbocycles. The van der Waals surface area contributed by atoms with Crippen molar-refractivity contribution in [1.82, 2.24) is 0 Å². The summed E-state index contributed by atoms with van der Waals surface area (Å²) in [7, 11) is -9.89. The molecule has 0 saturated carbocycles. The minimum absolute atomic E-state index is 0.103. The van der Waals surface area contributed by atoms with Crippen molar-refractivity contribution in [2.45, 2.75) is 362 Å². The molecule has 0 radical (unpaired) electrons. The molecule has 0 aromatic carbocycles. The monoisotopic (exact) mass is 1280 g/mol. The average Bonchev–Trinajstić information content (AvgIpc) is 3.60. The summed E-state index contributed by atoms with van der Waals surface area (Å²) in [6, 6.07) is 0. The number of aliphatic hydroxyl groups is 1. The number of carbonyl (C=O) groups excluding carboxylic acids is 4. The van der Waals surface area contributed by atoms with Gasteiger partial charge in [0, 0.05) is 25.7 Å². The molecule has 0 saturated heterocycles. The van der Waals surface area contributed by atoms with Gasteiger partial charge in [0.1, 0.15) is 19.3 Å². The maximum Gasteiger partial charge on any atom is 0.472 e. The van der Waals surface area contributed by atoms with E-state index in [-0.39, 0.29) is 25.7 Å². The van der Waals surface area contributed by atoms with Gasteiger partial charge in [-0.05, 0) is 37.5 Å². The molecule has 19 heteroatoms. The molecule has 0 aliphatic heterocycles. The predicted octanol–water partition coefficient (Wildman–Crippen LogP) is 19.2. The first-order valence-corrected chi connectivity index (χ1v) is 38.5. The van der Waals surface area contributed by atoms with E-state index in [0.29, 0.717) is 25.7 Å². The van der Waals surface area contributed by atoms with Crippen LogP contribution in [0.25, 0.3) is 0 Å². The third-order valence-corrected chi connectivity index (χ3v) is 18.0. The number of hydrogen-bond donors (Lipinski definition) is 3. The predicted molar refractivity (Wildman–Crippen MR) is 349 cm³/mol. The SMILES string of the molecule is CCCCCCCCCCCCCCC(=O)OC[C@H](COP(=O)(O)OC[C@@H](O)COP(=O)(O)OC[C@@H](COC(=O)CCCCCCCCCCCC)OC(=O)CCCCCCCCC(C)CC)OC(=O)CCCCCCCCCCCCCCC(C)C. The number of carbonyl (C=O) groups is 4. The van der Waals surface area contributed by atoms with E-state index in [1.54, 1.807) is 0 Å². The summed E-state index contributed by atoms with van der Waals surface area (Å²) < 4.78 is 68.2. The fraction of sp³-hybridized carbons (Fsp3) is 0.941. The molecule has 0 aliphatic rings. The van der Waals surface area contributed by atoms with Crippen LogP contribution in [-0.4, -0.2) is 96.7 Å². The zero-order valence-electron chi connectivity index (χ0n) is 56.3. The van der Waals surface area contributed by atoms with Gasteiger partial charge < -0.3 is 33.8 Å². The molecule has 3 N–H and O–H groups in total. The molecule has 3 unspecified atom stereocenters. The first kappa shape index (κ1) is 85.1. The van der Waals surface area contributed by atoms with Crippen molar-refractivity contribution in [3.8, 4) is 0 Å². The summed E-state index contributed by atoms with van der Waals surface area (Å²) in [6.45, 7) is 9.49. The number of hydrogen-bond acceptors (Lipinski definition) is 15. The van der Waals surface area contributed by atoms with Crippen LogP contribution in [0, 0.1) is 11.8 Å². The number of phosphoric acid groups is 2. The van der Waals surface area contributed by atoms with E-state index < -0.39 is 97.5 Å². The van der Waals surface area contributed by atoms with Gasteiger partial charge in [-0.25, -0.2) is 9.13 Å². The largest absolute Gasteiger partial charge is 0.472 e. The van der Waals surface area contributed by atoms with Gasteiger partial charge >= 0.3 is 39.5 Å². The zero-order chi connectivity index (χ0) is 64.3. The second-order valence-corrected chi connectivity index (χ2v) is 28.2. The Balaban J connectivity index is 5.24. The Kier molecular flexibility index (Phi) is 59.0. The van der Waals surface area contributed by atoms with E-state index >= 15 is 0 Å². The topological polar surface area (TPSA) is 237 Å². The van der Waals surface area contributed by atoms with Crippen LogP contribution in [0.15, 0.2) is 0 Å². The van der Waals surface area contributed by atoms with Gasteiger partial charge in [-0.1, -0.05) is 292 Å². The molecular weight excluding hydrogens is 1150 g/mol. The van der Waals surface area contributed by atoms with E-state index in [2.05, 4.69) is 41.5 Å². The summed E-state index contributed by atoms with van der Waals surface area (Å²) in [5.41, 5.74) is 0. The number of phosphoric ester groups is 2. The number of aliphatic hydroxyl groups excluding tert-OH is 1. The highest BCUT2D eigenvalue weighted by Crippen LogP contribution is 2.45. The average molecular weight is 1280 g/mol. The zero-order valence-corrected chi connectivity index (χ0v) is 58.1. The maximum atomic E-state index is 13.0. The summed E-state index contributed by atoms with van der Waals surface area (Å²) in [4.78, 5) is 72.4. The van der Waals surface area contributed by atoms with Crippen molar-refractivity contribution < 1.29 is 80.2 Å². The van der Waals surface area contributed by atoms with Crippen LogP contribution >= 0.6 is 15.6 Å². The molecular formula is C68H132O17P2. The molecule has 0 aromatic rings. The Morgan fingerprint density at radius 2 is 0.586 bits per heavy atom. The molecule has 0 spiro atoms. The lowest BCUT2D eigenvalue weighted by molar-refractivity contribution is -0.161. The van der Waals surface area contributed by atoms with Gasteiger partial charge in [-0.2, -0.15) is 0 Å². The molecule has 0 fully saturated rings. The molecule has 0 bridgehead atoms. The number of esters is 4. The molecule has 17 nitrogen and oxygen atoms in total. The van der Waals surface area contributed by atoms with Crippen molar-refractivity contribution in [1.29, 1.82) is 0 Å². The minimum Gasteiger partial charge on any atom is -0.462 e. The normalized spacial score (nSPS) is 14.5. The lowest BCUT2D eigenvalue weighted by atomic mass is 10.00. The van der Waals surface area contributed by atoms with Crippen molar-refractivity contribution >= 4 is 39.5 Å². The van der Waals surface area contributed by atoms with E-state index in [1.807, 2.05) is 0 Å². The lowest BCUT2D eigenvalue weighted by Crippen LogP contribution is -2.30. The number of unbranched alkanes of at least 4 members (excludes halogenated alkanes) is 36. The highest BCUT2D eigenvalue weighted by molar-refractivity contribution is 7.47. The Morgan fingerprint density at radius 1 is 0.333 bits per heavy atom. The highest BCUT2D eigenvalue weighted by Gasteiger charge is 2.30. The van der Waals surface area contributed by atoms with Gasteiger partial charge in [0.05, 0.1) is 26.4 Å². The van der Waals surface area contributed by atoms with E-state index in [4.69, 9.17) is 37.0 Å². The first-order chi connectivity index (χ1) is 41.9. The van der Waals surface area contributed by atoms with Crippen LogP contribution in [0.4, 0.5) is 0 Å². The van der Waals surface area contributed by atoms with Crippen molar-refractivity contribution in [3.05, 3.63) is 0 Å².